The molecule has 116 valence electrons. The minimum absolute atomic E-state index is 0.304. The molecule has 1 heterocycles. The summed E-state index contributed by atoms with van der Waals surface area (Å²) in [5.41, 5.74) is -0.168. The van der Waals surface area contributed by atoms with Gasteiger partial charge in [0.1, 0.15) is 5.82 Å². The number of nitrogens with zero attached hydrogens (tertiary/aromatic N) is 3. The van der Waals surface area contributed by atoms with E-state index in [-0.39, 0.29) is 11.4 Å². The lowest BCUT2D eigenvalue weighted by Gasteiger charge is -2.07. The van der Waals surface area contributed by atoms with Crippen molar-refractivity contribution in [3.05, 3.63) is 63.5 Å². The van der Waals surface area contributed by atoms with Crippen LogP contribution in [0.1, 0.15) is 0 Å². The molecule has 0 radical (unpaired) electrons. The Kier molecular flexibility index (Phi) is 3.67. The molecule has 0 fully saturated rings. The van der Waals surface area contributed by atoms with Gasteiger partial charge >= 0.3 is 6.03 Å². The molecule has 0 bridgehead atoms. The lowest BCUT2D eigenvalue weighted by molar-refractivity contribution is -0.384. The van der Waals surface area contributed by atoms with Crippen LogP contribution in [0.2, 0.25) is 5.02 Å². The molecule has 0 aliphatic rings. The molecule has 9 heteroatoms. The van der Waals surface area contributed by atoms with Crippen molar-refractivity contribution in [1.29, 1.82) is 0 Å². The molecular formula is C14H8ClFN4O3. The standard InChI is InChI=1S/C14H8ClFN4O3/c15-9-1-4-13-8(5-9)7-17-19(13)14(21)18-12-6-10(20(22)23)2-3-11(12)16/h1-7H,(H,18,21). The Morgan fingerprint density at radius 3 is 2.83 bits per heavy atom. The van der Waals surface area contributed by atoms with Gasteiger partial charge in [-0.1, -0.05) is 11.6 Å². The zero-order chi connectivity index (χ0) is 16.6. The molecule has 0 aliphatic heterocycles. The van der Waals surface area contributed by atoms with Gasteiger partial charge in [-0.3, -0.25) is 10.1 Å². The molecule has 0 saturated heterocycles. The number of aromatic nitrogens is 2. The van der Waals surface area contributed by atoms with Crippen LogP contribution in [-0.4, -0.2) is 20.7 Å². The third kappa shape index (κ3) is 2.84. The Bertz CT molecular complexity index is 941. The third-order valence-corrected chi connectivity index (χ3v) is 3.36. The van der Waals surface area contributed by atoms with E-state index in [0.29, 0.717) is 15.9 Å². The first-order chi connectivity index (χ1) is 11.0. The average molecular weight is 335 g/mol. The first-order valence-electron chi connectivity index (χ1n) is 6.34. The van der Waals surface area contributed by atoms with Gasteiger partial charge in [0.05, 0.1) is 22.3 Å². The predicted octanol–water partition coefficient (Wildman–Crippen LogP) is 3.82. The number of hydrogen-bond acceptors (Lipinski definition) is 4. The van der Waals surface area contributed by atoms with E-state index < -0.39 is 16.8 Å². The quantitative estimate of drug-likeness (QED) is 0.570. The molecule has 1 amide bonds. The summed E-state index contributed by atoms with van der Waals surface area (Å²) in [4.78, 5) is 22.3. The van der Waals surface area contributed by atoms with Crippen LogP contribution in [0.5, 0.6) is 0 Å². The van der Waals surface area contributed by atoms with Crippen molar-refractivity contribution in [3.63, 3.8) is 0 Å². The Labute approximate surface area is 133 Å². The van der Waals surface area contributed by atoms with Gasteiger partial charge in [-0.25, -0.2) is 9.18 Å². The van der Waals surface area contributed by atoms with E-state index in [0.717, 1.165) is 22.9 Å². The molecule has 0 spiro atoms. The second-order valence-corrected chi connectivity index (χ2v) is 5.05. The van der Waals surface area contributed by atoms with Crippen LogP contribution in [-0.2, 0) is 0 Å². The van der Waals surface area contributed by atoms with Gasteiger partial charge in [-0.05, 0) is 24.3 Å². The molecule has 0 aliphatic carbocycles. The van der Waals surface area contributed by atoms with E-state index in [1.807, 2.05) is 0 Å². The summed E-state index contributed by atoms with van der Waals surface area (Å²) >= 11 is 5.85. The topological polar surface area (TPSA) is 90.1 Å². The average Bonchev–Trinajstić information content (AvgIpc) is 2.92. The molecule has 3 rings (SSSR count). The van der Waals surface area contributed by atoms with Crippen LogP contribution in [0.15, 0.2) is 42.6 Å². The van der Waals surface area contributed by atoms with E-state index in [1.54, 1.807) is 18.2 Å². The molecule has 1 aromatic heterocycles. The van der Waals surface area contributed by atoms with Crippen molar-refractivity contribution in [3.8, 4) is 0 Å². The minimum atomic E-state index is -0.788. The summed E-state index contributed by atoms with van der Waals surface area (Å²) in [6.07, 6.45) is 1.44. The fourth-order valence-electron chi connectivity index (χ4n) is 2.06. The maximum atomic E-state index is 13.7. The number of anilines is 1. The smallest absolute Gasteiger partial charge is 0.303 e. The van der Waals surface area contributed by atoms with Crippen LogP contribution in [0, 0.1) is 15.9 Å². The van der Waals surface area contributed by atoms with Crippen molar-refractivity contribution >= 4 is 39.9 Å². The Balaban J connectivity index is 1.95. The van der Waals surface area contributed by atoms with Crippen molar-refractivity contribution in [2.75, 3.05) is 5.32 Å². The van der Waals surface area contributed by atoms with E-state index in [2.05, 4.69) is 10.4 Å². The van der Waals surface area contributed by atoms with Crippen molar-refractivity contribution in [1.82, 2.24) is 9.78 Å². The van der Waals surface area contributed by atoms with E-state index >= 15 is 0 Å². The molecule has 3 aromatic rings. The summed E-state index contributed by atoms with van der Waals surface area (Å²) in [6, 6.07) is 6.92. The summed E-state index contributed by atoms with van der Waals surface area (Å²) < 4.78 is 14.7. The number of non-ortho nitro benzene ring substituents is 1. The molecule has 7 nitrogen and oxygen atoms in total. The number of halogens is 2. The van der Waals surface area contributed by atoms with Gasteiger partial charge in [-0.2, -0.15) is 9.78 Å². The lowest BCUT2D eigenvalue weighted by Crippen LogP contribution is -2.21. The number of benzene rings is 2. The van der Waals surface area contributed by atoms with Crippen molar-refractivity contribution in [2.45, 2.75) is 0 Å². The van der Waals surface area contributed by atoms with Gasteiger partial charge < -0.3 is 5.32 Å². The maximum absolute atomic E-state index is 13.7. The molecule has 2 aromatic carbocycles. The second-order valence-electron chi connectivity index (χ2n) is 4.61. The zero-order valence-corrected chi connectivity index (χ0v) is 12.1. The normalized spacial score (nSPS) is 10.7. The molecule has 23 heavy (non-hydrogen) atoms. The second kappa shape index (κ2) is 5.65. The Hall–Kier alpha value is -3.00. The van der Waals surface area contributed by atoms with E-state index in [4.69, 9.17) is 11.6 Å². The largest absolute Gasteiger partial charge is 0.347 e. The molecule has 0 unspecified atom stereocenters. The number of carbonyl (C=O) groups excluding carboxylic acids is 1. The fraction of sp³-hybridized carbons (Fsp3) is 0. The number of fused-ring (bicyclic) bond motifs is 1. The highest BCUT2D eigenvalue weighted by Gasteiger charge is 2.16. The zero-order valence-electron chi connectivity index (χ0n) is 11.4. The van der Waals surface area contributed by atoms with E-state index in [9.17, 15) is 19.3 Å². The Morgan fingerprint density at radius 1 is 1.30 bits per heavy atom. The lowest BCUT2D eigenvalue weighted by atomic mass is 10.2. The SMILES string of the molecule is O=C(Nc1cc([N+](=O)[O-])ccc1F)n1ncc2cc(Cl)ccc21. The van der Waals surface area contributed by atoms with E-state index in [1.165, 1.54) is 6.20 Å². The maximum Gasteiger partial charge on any atom is 0.347 e. The van der Waals surface area contributed by atoms with Gasteiger partial charge in [-0.15, -0.1) is 0 Å². The summed E-state index contributed by atoms with van der Waals surface area (Å²) in [6.45, 7) is 0. The monoisotopic (exact) mass is 334 g/mol. The first kappa shape index (κ1) is 14.9. The van der Waals surface area contributed by atoms with Gasteiger partial charge in [0, 0.05) is 22.5 Å². The first-order valence-corrected chi connectivity index (χ1v) is 6.72. The van der Waals surface area contributed by atoms with Crippen molar-refractivity contribution in [2.24, 2.45) is 0 Å². The Morgan fingerprint density at radius 2 is 2.09 bits per heavy atom. The number of amides is 1. The van der Waals surface area contributed by atoms with Crippen LogP contribution in [0.25, 0.3) is 10.9 Å². The number of rotatable bonds is 2. The van der Waals surface area contributed by atoms with Crippen LogP contribution < -0.4 is 5.32 Å². The molecule has 0 atom stereocenters. The number of carbonyl (C=O) groups is 1. The van der Waals surface area contributed by atoms with Gasteiger partial charge in [0.15, 0.2) is 0 Å². The number of nitrogens with one attached hydrogen (secondary N) is 1. The van der Waals surface area contributed by atoms with Gasteiger partial charge in [0.2, 0.25) is 0 Å². The highest BCUT2D eigenvalue weighted by Crippen LogP contribution is 2.23. The predicted molar refractivity (Wildman–Crippen MR) is 82.2 cm³/mol. The van der Waals surface area contributed by atoms with Crippen LogP contribution in [0.4, 0.5) is 20.6 Å². The number of nitro benzene ring substituents is 1. The molecular weight excluding hydrogens is 327 g/mol. The van der Waals surface area contributed by atoms with Crippen LogP contribution >= 0.6 is 11.6 Å². The van der Waals surface area contributed by atoms with Crippen molar-refractivity contribution < 1.29 is 14.1 Å². The fourth-order valence-corrected chi connectivity index (χ4v) is 2.24. The highest BCUT2D eigenvalue weighted by atomic mass is 35.5. The van der Waals surface area contributed by atoms with Gasteiger partial charge in [0.25, 0.3) is 5.69 Å². The summed E-state index contributed by atoms with van der Waals surface area (Å²) in [5, 5.41) is 18.0. The number of nitro groups is 1. The number of hydrogen-bond donors (Lipinski definition) is 1. The van der Waals surface area contributed by atoms with Crippen LogP contribution in [0.3, 0.4) is 0 Å². The third-order valence-electron chi connectivity index (χ3n) is 3.12. The molecule has 0 saturated carbocycles. The molecule has 1 N–H and O–H groups in total. The summed E-state index contributed by atoms with van der Waals surface area (Å²) in [7, 11) is 0. The highest BCUT2D eigenvalue weighted by molar-refractivity contribution is 6.31. The minimum Gasteiger partial charge on any atom is -0.303 e. The summed E-state index contributed by atoms with van der Waals surface area (Å²) in [5.74, 6) is -0.788.